The zero-order valence-corrected chi connectivity index (χ0v) is 9.63. The maximum absolute atomic E-state index is 12.2. The van der Waals surface area contributed by atoms with E-state index in [0.29, 0.717) is 5.78 Å². The molecule has 0 unspecified atom stereocenters. The standard InChI is InChI=1S/C12H15N3O/c1-7-8(2)13-12-14-9-5-3-4-6-10(9)15(12)11(7)16/h3-6H2,1-2H3,(H,13,14). The number of aromatic amines is 1. The molecule has 1 N–H and O–H groups in total. The van der Waals surface area contributed by atoms with Crippen LogP contribution in [0.25, 0.3) is 5.78 Å². The Morgan fingerprint density at radius 2 is 2.00 bits per heavy atom. The molecule has 0 aliphatic heterocycles. The molecule has 0 bridgehead atoms. The minimum Gasteiger partial charge on any atom is -0.329 e. The highest BCUT2D eigenvalue weighted by Crippen LogP contribution is 2.20. The molecule has 0 spiro atoms. The van der Waals surface area contributed by atoms with E-state index in [9.17, 15) is 4.79 Å². The van der Waals surface area contributed by atoms with E-state index in [4.69, 9.17) is 0 Å². The average Bonchev–Trinajstić information content (AvgIpc) is 2.64. The molecule has 4 nitrogen and oxygen atoms in total. The second-order valence-corrected chi connectivity index (χ2v) is 4.55. The maximum Gasteiger partial charge on any atom is 0.262 e. The van der Waals surface area contributed by atoms with Crippen LogP contribution in [0.5, 0.6) is 0 Å². The first kappa shape index (κ1) is 9.63. The monoisotopic (exact) mass is 217 g/mol. The molecule has 3 rings (SSSR count). The van der Waals surface area contributed by atoms with Crippen LogP contribution in [-0.4, -0.2) is 14.4 Å². The third-order valence-electron chi connectivity index (χ3n) is 3.52. The number of hydrogen-bond donors (Lipinski definition) is 1. The second-order valence-electron chi connectivity index (χ2n) is 4.55. The van der Waals surface area contributed by atoms with Crippen molar-refractivity contribution in [2.24, 2.45) is 0 Å². The van der Waals surface area contributed by atoms with Gasteiger partial charge in [0.15, 0.2) is 0 Å². The Kier molecular flexibility index (Phi) is 1.93. The van der Waals surface area contributed by atoms with Crippen LogP contribution < -0.4 is 5.56 Å². The number of H-pyrrole nitrogens is 1. The van der Waals surface area contributed by atoms with E-state index < -0.39 is 0 Å². The van der Waals surface area contributed by atoms with Gasteiger partial charge in [0, 0.05) is 11.3 Å². The van der Waals surface area contributed by atoms with Crippen molar-refractivity contribution in [1.29, 1.82) is 0 Å². The first-order valence-corrected chi connectivity index (χ1v) is 5.78. The molecule has 0 fully saturated rings. The SMILES string of the molecule is Cc1[nH]c2nc3c(n2c(=O)c1C)CCCC3. The smallest absolute Gasteiger partial charge is 0.262 e. The molecule has 0 radical (unpaired) electrons. The van der Waals surface area contributed by atoms with Gasteiger partial charge in [-0.2, -0.15) is 0 Å². The number of aromatic nitrogens is 3. The van der Waals surface area contributed by atoms with Gasteiger partial charge in [-0.05, 0) is 39.5 Å². The summed E-state index contributed by atoms with van der Waals surface area (Å²) in [6, 6.07) is 0. The maximum atomic E-state index is 12.2. The van der Waals surface area contributed by atoms with Gasteiger partial charge in [-0.3, -0.25) is 4.79 Å². The molecule has 2 aromatic heterocycles. The van der Waals surface area contributed by atoms with E-state index in [-0.39, 0.29) is 5.56 Å². The number of rotatable bonds is 0. The quantitative estimate of drug-likeness (QED) is 0.727. The van der Waals surface area contributed by atoms with Gasteiger partial charge >= 0.3 is 0 Å². The second kappa shape index (κ2) is 3.20. The van der Waals surface area contributed by atoms with Crippen molar-refractivity contribution >= 4 is 5.78 Å². The summed E-state index contributed by atoms with van der Waals surface area (Å²) in [4.78, 5) is 19.9. The van der Waals surface area contributed by atoms with Gasteiger partial charge in [0.05, 0.1) is 11.4 Å². The summed E-state index contributed by atoms with van der Waals surface area (Å²) in [5.41, 5.74) is 4.01. The number of nitrogens with one attached hydrogen (secondary N) is 1. The van der Waals surface area contributed by atoms with Gasteiger partial charge in [-0.25, -0.2) is 9.38 Å². The fraction of sp³-hybridized carbons (Fsp3) is 0.500. The lowest BCUT2D eigenvalue weighted by atomic mass is 10.0. The van der Waals surface area contributed by atoms with Gasteiger partial charge in [0.25, 0.3) is 5.56 Å². The molecule has 1 aliphatic rings. The largest absolute Gasteiger partial charge is 0.329 e. The number of aryl methyl sites for hydroxylation is 3. The van der Waals surface area contributed by atoms with Gasteiger partial charge in [-0.1, -0.05) is 0 Å². The molecule has 2 heterocycles. The summed E-state index contributed by atoms with van der Waals surface area (Å²) in [5, 5.41) is 0. The highest BCUT2D eigenvalue weighted by atomic mass is 16.1. The van der Waals surface area contributed by atoms with Gasteiger partial charge in [0.1, 0.15) is 0 Å². The lowest BCUT2D eigenvalue weighted by Crippen LogP contribution is -2.21. The van der Waals surface area contributed by atoms with Crippen LogP contribution in [0.3, 0.4) is 0 Å². The van der Waals surface area contributed by atoms with Crippen molar-refractivity contribution in [3.63, 3.8) is 0 Å². The summed E-state index contributed by atoms with van der Waals surface area (Å²) < 4.78 is 1.76. The summed E-state index contributed by atoms with van der Waals surface area (Å²) in [6.07, 6.45) is 4.32. The van der Waals surface area contributed by atoms with Crippen LogP contribution in [0, 0.1) is 13.8 Å². The van der Waals surface area contributed by atoms with Crippen molar-refractivity contribution in [2.45, 2.75) is 39.5 Å². The fourth-order valence-electron chi connectivity index (χ4n) is 2.43. The first-order valence-electron chi connectivity index (χ1n) is 5.78. The van der Waals surface area contributed by atoms with Crippen molar-refractivity contribution in [2.75, 3.05) is 0 Å². The average molecular weight is 217 g/mol. The molecular weight excluding hydrogens is 202 g/mol. The van der Waals surface area contributed by atoms with Crippen LogP contribution in [0.4, 0.5) is 0 Å². The molecule has 0 saturated carbocycles. The molecule has 16 heavy (non-hydrogen) atoms. The van der Waals surface area contributed by atoms with E-state index in [1.54, 1.807) is 4.40 Å². The lowest BCUT2D eigenvalue weighted by Gasteiger charge is -2.09. The van der Waals surface area contributed by atoms with Gasteiger partial charge in [-0.15, -0.1) is 0 Å². The zero-order valence-electron chi connectivity index (χ0n) is 9.63. The fourth-order valence-corrected chi connectivity index (χ4v) is 2.43. The minimum absolute atomic E-state index is 0.0851. The van der Waals surface area contributed by atoms with Crippen LogP contribution >= 0.6 is 0 Å². The molecular formula is C12H15N3O. The first-order chi connectivity index (χ1) is 7.68. The third kappa shape index (κ3) is 1.16. The molecule has 0 atom stereocenters. The van der Waals surface area contributed by atoms with E-state index >= 15 is 0 Å². The normalized spacial score (nSPS) is 15.4. The van der Waals surface area contributed by atoms with Gasteiger partial charge < -0.3 is 4.98 Å². The molecule has 2 aromatic rings. The Morgan fingerprint density at radius 1 is 1.25 bits per heavy atom. The number of nitrogens with zero attached hydrogens (tertiary/aromatic N) is 2. The van der Waals surface area contributed by atoms with E-state index in [1.807, 2.05) is 13.8 Å². The number of hydrogen-bond acceptors (Lipinski definition) is 2. The Balaban J connectivity index is 2.45. The highest BCUT2D eigenvalue weighted by Gasteiger charge is 2.19. The molecule has 1 aliphatic carbocycles. The predicted octanol–water partition coefficient (Wildman–Crippen LogP) is 1.52. The van der Waals surface area contributed by atoms with Gasteiger partial charge in [0.2, 0.25) is 5.78 Å². The van der Waals surface area contributed by atoms with Crippen LogP contribution in [0.2, 0.25) is 0 Å². The summed E-state index contributed by atoms with van der Waals surface area (Å²) in [5.74, 6) is 0.708. The van der Waals surface area contributed by atoms with Crippen molar-refractivity contribution in [1.82, 2.24) is 14.4 Å². The highest BCUT2D eigenvalue weighted by molar-refractivity contribution is 5.39. The van der Waals surface area contributed by atoms with E-state index in [2.05, 4.69) is 9.97 Å². The predicted molar refractivity (Wildman–Crippen MR) is 61.9 cm³/mol. The molecule has 4 heteroatoms. The topological polar surface area (TPSA) is 50.2 Å². The van der Waals surface area contributed by atoms with E-state index in [0.717, 1.165) is 41.9 Å². The lowest BCUT2D eigenvalue weighted by molar-refractivity contribution is 0.657. The Hall–Kier alpha value is -1.58. The van der Waals surface area contributed by atoms with Crippen LogP contribution in [-0.2, 0) is 12.8 Å². The minimum atomic E-state index is 0.0851. The number of fused-ring (bicyclic) bond motifs is 3. The van der Waals surface area contributed by atoms with Crippen molar-refractivity contribution in [3.8, 4) is 0 Å². The molecule has 84 valence electrons. The summed E-state index contributed by atoms with van der Waals surface area (Å²) in [7, 11) is 0. The Labute approximate surface area is 93.3 Å². The van der Waals surface area contributed by atoms with E-state index in [1.165, 1.54) is 6.42 Å². The van der Waals surface area contributed by atoms with Crippen LogP contribution in [0.1, 0.15) is 35.5 Å². The summed E-state index contributed by atoms with van der Waals surface area (Å²) in [6.45, 7) is 3.78. The Bertz CT molecular complexity index is 621. The summed E-state index contributed by atoms with van der Waals surface area (Å²) >= 11 is 0. The number of imidazole rings is 1. The van der Waals surface area contributed by atoms with Crippen molar-refractivity contribution < 1.29 is 0 Å². The van der Waals surface area contributed by atoms with Crippen LogP contribution in [0.15, 0.2) is 4.79 Å². The molecule has 0 amide bonds. The van der Waals surface area contributed by atoms with Crippen molar-refractivity contribution in [3.05, 3.63) is 33.0 Å². The Morgan fingerprint density at radius 3 is 2.81 bits per heavy atom. The third-order valence-corrected chi connectivity index (χ3v) is 3.52. The zero-order chi connectivity index (χ0) is 11.3. The molecule has 0 saturated heterocycles. The molecule has 0 aromatic carbocycles.